The number of anilines is 2. The van der Waals surface area contributed by atoms with E-state index in [0.29, 0.717) is 26.3 Å². The Morgan fingerprint density at radius 2 is 2.25 bits per heavy atom. The number of fused-ring (bicyclic) bond motifs is 1. The monoisotopic (exact) mass is 428 g/mol. The van der Waals surface area contributed by atoms with Crippen LogP contribution < -0.4 is 11.1 Å². The van der Waals surface area contributed by atoms with Crippen molar-refractivity contribution < 1.29 is 9.90 Å². The fourth-order valence-corrected chi connectivity index (χ4v) is 3.48. The van der Waals surface area contributed by atoms with E-state index in [1.807, 2.05) is 0 Å². The van der Waals surface area contributed by atoms with E-state index in [0.717, 1.165) is 0 Å². The topological polar surface area (TPSA) is 130 Å². The number of H-pyrrole nitrogens is 1. The van der Waals surface area contributed by atoms with E-state index in [4.69, 9.17) is 17.3 Å². The normalized spacial score (nSPS) is 10.9. The Balaban J connectivity index is 1.70. The van der Waals surface area contributed by atoms with Crippen LogP contribution >= 0.6 is 39.3 Å². The van der Waals surface area contributed by atoms with Crippen molar-refractivity contribution in [3.05, 3.63) is 28.0 Å². The first-order chi connectivity index (χ1) is 11.4. The van der Waals surface area contributed by atoms with Gasteiger partial charge in [-0.25, -0.2) is 9.97 Å². The number of halogens is 2. The van der Waals surface area contributed by atoms with E-state index < -0.39 is 0 Å². The summed E-state index contributed by atoms with van der Waals surface area (Å²) in [6.45, 7) is 0. The van der Waals surface area contributed by atoms with Gasteiger partial charge in [0.25, 0.3) is 0 Å². The Labute approximate surface area is 153 Å². The van der Waals surface area contributed by atoms with E-state index in [1.165, 1.54) is 24.2 Å². The number of amides is 1. The zero-order valence-corrected chi connectivity index (χ0v) is 15.0. The molecule has 0 aliphatic heterocycles. The summed E-state index contributed by atoms with van der Waals surface area (Å²) in [7, 11) is 0. The maximum absolute atomic E-state index is 12.1. The highest BCUT2D eigenvalue weighted by molar-refractivity contribution is 9.10. The number of aromatic hydroxyl groups is 1. The number of imidazole rings is 1. The SMILES string of the molecule is Nc1nc(SCC(=O)Nc2cc(Cl)c(O)c(Br)c2)c2[nH]cnc2n1. The number of hydrogen-bond donors (Lipinski definition) is 4. The van der Waals surface area contributed by atoms with Gasteiger partial charge in [-0.1, -0.05) is 23.4 Å². The van der Waals surface area contributed by atoms with Gasteiger partial charge in [0.1, 0.15) is 16.3 Å². The lowest BCUT2D eigenvalue weighted by Gasteiger charge is -2.08. The number of aromatic amines is 1. The van der Waals surface area contributed by atoms with Crippen molar-refractivity contribution in [3.63, 3.8) is 0 Å². The quantitative estimate of drug-likeness (QED) is 0.285. The van der Waals surface area contributed by atoms with Crippen LogP contribution in [0.25, 0.3) is 11.2 Å². The van der Waals surface area contributed by atoms with Crippen molar-refractivity contribution in [2.75, 3.05) is 16.8 Å². The summed E-state index contributed by atoms with van der Waals surface area (Å²) < 4.78 is 0.390. The van der Waals surface area contributed by atoms with Crippen LogP contribution in [0, 0.1) is 0 Å². The van der Waals surface area contributed by atoms with Gasteiger partial charge in [-0.05, 0) is 28.1 Å². The largest absolute Gasteiger partial charge is 0.505 e. The van der Waals surface area contributed by atoms with Gasteiger partial charge in [-0.2, -0.15) is 4.98 Å². The molecule has 124 valence electrons. The summed E-state index contributed by atoms with van der Waals surface area (Å²) in [5.74, 6) is -0.159. The fourth-order valence-electron chi connectivity index (χ4n) is 1.90. The van der Waals surface area contributed by atoms with Crippen molar-refractivity contribution in [2.24, 2.45) is 0 Å². The maximum Gasteiger partial charge on any atom is 0.234 e. The number of nitrogens with two attached hydrogens (primary N) is 1. The van der Waals surface area contributed by atoms with Crippen molar-refractivity contribution >= 4 is 68.0 Å². The van der Waals surface area contributed by atoms with Gasteiger partial charge < -0.3 is 21.1 Å². The Kier molecular flexibility index (Phi) is 4.78. The Morgan fingerprint density at radius 3 is 3.00 bits per heavy atom. The van der Waals surface area contributed by atoms with E-state index >= 15 is 0 Å². The number of nitrogen functional groups attached to an aromatic ring is 1. The van der Waals surface area contributed by atoms with Gasteiger partial charge in [-0.15, -0.1) is 0 Å². The minimum absolute atomic E-state index is 0.0814. The van der Waals surface area contributed by atoms with E-state index in [2.05, 4.69) is 41.2 Å². The van der Waals surface area contributed by atoms with Crippen molar-refractivity contribution in [1.29, 1.82) is 0 Å². The number of phenols is 1. The molecule has 0 spiro atoms. The van der Waals surface area contributed by atoms with Crippen LogP contribution in [0.4, 0.5) is 11.6 Å². The first-order valence-electron chi connectivity index (χ1n) is 6.51. The van der Waals surface area contributed by atoms with Gasteiger partial charge >= 0.3 is 0 Å². The van der Waals surface area contributed by atoms with Crippen molar-refractivity contribution in [1.82, 2.24) is 19.9 Å². The predicted octanol–water partition coefficient (Wildman–Crippen LogP) is 2.79. The molecule has 0 aliphatic carbocycles. The van der Waals surface area contributed by atoms with Crippen LogP contribution in [0.1, 0.15) is 0 Å². The molecule has 0 saturated heterocycles. The zero-order chi connectivity index (χ0) is 17.3. The highest BCUT2D eigenvalue weighted by Gasteiger charge is 2.13. The number of thioether (sulfide) groups is 1. The summed E-state index contributed by atoms with van der Waals surface area (Å²) >= 11 is 10.2. The smallest absolute Gasteiger partial charge is 0.234 e. The van der Waals surface area contributed by atoms with Crippen LogP contribution in [0.2, 0.25) is 5.02 Å². The summed E-state index contributed by atoms with van der Waals surface area (Å²) in [4.78, 5) is 27.1. The molecule has 0 bridgehead atoms. The molecule has 8 nitrogen and oxygen atoms in total. The number of carbonyl (C=O) groups excluding carboxylic acids is 1. The summed E-state index contributed by atoms with van der Waals surface area (Å²) in [5, 5.41) is 13.0. The Morgan fingerprint density at radius 1 is 1.46 bits per heavy atom. The third-order valence-electron chi connectivity index (χ3n) is 2.91. The molecule has 0 fully saturated rings. The summed E-state index contributed by atoms with van der Waals surface area (Å²) in [5.41, 5.74) is 7.16. The molecule has 0 atom stereocenters. The number of aromatic nitrogens is 4. The fraction of sp³-hybridized carbons (Fsp3) is 0.0769. The summed E-state index contributed by atoms with van der Waals surface area (Å²) in [6, 6.07) is 3.01. The standard InChI is InChI=1S/C13H10BrClN6O2S/c14-6-1-5(2-7(15)10(6)23)19-8(22)3-24-12-9-11(18-4-17-9)20-13(16)21-12/h1-2,4,23H,3H2,(H,19,22)(H3,16,17,18,20,21). The number of hydrogen-bond acceptors (Lipinski definition) is 7. The molecule has 2 aromatic heterocycles. The van der Waals surface area contributed by atoms with E-state index in [9.17, 15) is 9.90 Å². The molecule has 5 N–H and O–H groups in total. The van der Waals surface area contributed by atoms with Crippen molar-refractivity contribution in [2.45, 2.75) is 5.03 Å². The van der Waals surface area contributed by atoms with E-state index in [1.54, 1.807) is 6.07 Å². The molecule has 0 unspecified atom stereocenters. The molecule has 1 amide bonds. The minimum Gasteiger partial charge on any atom is -0.505 e. The number of phenolic OH excluding ortho intramolecular Hbond substituents is 1. The molecule has 11 heteroatoms. The van der Waals surface area contributed by atoms with Gasteiger partial charge in [-0.3, -0.25) is 4.79 Å². The van der Waals surface area contributed by atoms with Crippen LogP contribution in [0.3, 0.4) is 0 Å². The molecular weight excluding hydrogens is 420 g/mol. The molecule has 1 aromatic carbocycles. The lowest BCUT2D eigenvalue weighted by molar-refractivity contribution is -0.113. The van der Waals surface area contributed by atoms with E-state index in [-0.39, 0.29) is 28.4 Å². The second-order valence-electron chi connectivity index (χ2n) is 4.61. The Bertz CT molecular complexity index is 911. The average molecular weight is 430 g/mol. The van der Waals surface area contributed by atoms with Gasteiger partial charge in [0, 0.05) is 5.69 Å². The molecule has 0 saturated carbocycles. The first kappa shape index (κ1) is 16.8. The minimum atomic E-state index is -0.265. The molecule has 3 aromatic rings. The van der Waals surface area contributed by atoms with Crippen LogP contribution in [0.5, 0.6) is 5.75 Å². The second-order valence-corrected chi connectivity index (χ2v) is 6.84. The molecule has 3 rings (SSSR count). The zero-order valence-electron chi connectivity index (χ0n) is 11.9. The number of nitrogens with one attached hydrogen (secondary N) is 2. The summed E-state index contributed by atoms with van der Waals surface area (Å²) in [6.07, 6.45) is 1.49. The third kappa shape index (κ3) is 3.55. The molecule has 24 heavy (non-hydrogen) atoms. The van der Waals surface area contributed by atoms with Gasteiger partial charge in [0.15, 0.2) is 5.65 Å². The second kappa shape index (κ2) is 6.83. The van der Waals surface area contributed by atoms with Gasteiger partial charge in [0.05, 0.1) is 21.6 Å². The first-order valence-corrected chi connectivity index (χ1v) is 8.67. The molecule has 0 radical (unpaired) electrons. The lowest BCUT2D eigenvalue weighted by atomic mass is 10.3. The number of rotatable bonds is 4. The maximum atomic E-state index is 12.1. The Hall–Kier alpha value is -2.04. The van der Waals surface area contributed by atoms with Crippen LogP contribution in [0.15, 0.2) is 28.0 Å². The number of benzene rings is 1. The van der Waals surface area contributed by atoms with Crippen LogP contribution in [-0.4, -0.2) is 36.7 Å². The highest BCUT2D eigenvalue weighted by Crippen LogP contribution is 2.35. The number of carbonyl (C=O) groups is 1. The molecule has 2 heterocycles. The third-order valence-corrected chi connectivity index (χ3v) is 4.78. The average Bonchev–Trinajstić information content (AvgIpc) is 2.98. The predicted molar refractivity (Wildman–Crippen MR) is 96.3 cm³/mol. The van der Waals surface area contributed by atoms with Crippen molar-refractivity contribution in [3.8, 4) is 5.75 Å². The van der Waals surface area contributed by atoms with Gasteiger partial charge in [0.2, 0.25) is 11.9 Å². The van der Waals surface area contributed by atoms with Crippen LogP contribution in [-0.2, 0) is 4.79 Å². The lowest BCUT2D eigenvalue weighted by Crippen LogP contribution is -2.14. The highest BCUT2D eigenvalue weighted by atomic mass is 79.9. The number of nitrogens with zero attached hydrogens (tertiary/aromatic N) is 3. The molecule has 0 aliphatic rings. The molecular formula is C13H10BrClN6O2S.